The van der Waals surface area contributed by atoms with Crippen molar-refractivity contribution in [2.75, 3.05) is 0 Å². The SMILES string of the molecule is Cc1ccc(F)c(-c2ccc(COc3ccc4c(c3)[C@]3(CC4)C[C@H]3C(=O)O)cc2C2=CCCC2)c1. The second-order valence-electron chi connectivity index (χ2n) is 10.3. The third-order valence-electron chi connectivity index (χ3n) is 8.12. The van der Waals surface area contributed by atoms with E-state index in [1.54, 1.807) is 12.1 Å². The summed E-state index contributed by atoms with van der Waals surface area (Å²) < 4.78 is 21.0. The van der Waals surface area contributed by atoms with Crippen LogP contribution < -0.4 is 4.74 Å². The number of ether oxygens (including phenoxy) is 1. The third kappa shape index (κ3) is 3.85. The number of hydrogen-bond acceptors (Lipinski definition) is 2. The minimum Gasteiger partial charge on any atom is -0.489 e. The lowest BCUT2D eigenvalue weighted by atomic mass is 9.91. The Bertz CT molecular complexity index is 1370. The molecule has 178 valence electrons. The zero-order valence-corrected chi connectivity index (χ0v) is 19.9. The fourth-order valence-corrected chi connectivity index (χ4v) is 6.13. The number of carboxylic acid groups (broad SMARTS) is 1. The van der Waals surface area contributed by atoms with Gasteiger partial charge in [0, 0.05) is 11.0 Å². The quantitative estimate of drug-likeness (QED) is 0.415. The van der Waals surface area contributed by atoms with Crippen LogP contribution in [-0.2, 0) is 23.2 Å². The van der Waals surface area contributed by atoms with Crippen molar-refractivity contribution in [2.45, 2.75) is 57.5 Å². The molecule has 3 aromatic rings. The summed E-state index contributed by atoms with van der Waals surface area (Å²) >= 11 is 0. The Morgan fingerprint density at radius 3 is 2.71 bits per heavy atom. The van der Waals surface area contributed by atoms with E-state index in [9.17, 15) is 14.3 Å². The van der Waals surface area contributed by atoms with Gasteiger partial charge in [-0.1, -0.05) is 35.9 Å². The van der Waals surface area contributed by atoms with Crippen LogP contribution in [-0.4, -0.2) is 11.1 Å². The van der Waals surface area contributed by atoms with Gasteiger partial charge >= 0.3 is 5.97 Å². The molecule has 3 aromatic carbocycles. The van der Waals surface area contributed by atoms with E-state index in [2.05, 4.69) is 24.3 Å². The van der Waals surface area contributed by atoms with Gasteiger partial charge in [0.1, 0.15) is 18.2 Å². The number of carboxylic acids is 1. The molecule has 0 radical (unpaired) electrons. The van der Waals surface area contributed by atoms with E-state index in [0.717, 1.165) is 72.1 Å². The molecule has 3 aliphatic carbocycles. The summed E-state index contributed by atoms with van der Waals surface area (Å²) in [5.41, 5.74) is 8.22. The van der Waals surface area contributed by atoms with Crippen molar-refractivity contribution in [1.29, 1.82) is 0 Å². The van der Waals surface area contributed by atoms with E-state index in [-0.39, 0.29) is 17.2 Å². The predicted octanol–water partition coefficient (Wildman–Crippen LogP) is 7.24. The number of hydrogen-bond donors (Lipinski definition) is 1. The van der Waals surface area contributed by atoms with Gasteiger partial charge in [0.05, 0.1) is 5.92 Å². The van der Waals surface area contributed by atoms with Crippen LogP contribution in [0.25, 0.3) is 16.7 Å². The lowest BCUT2D eigenvalue weighted by Gasteiger charge is -2.16. The van der Waals surface area contributed by atoms with Crippen LogP contribution in [0.15, 0.2) is 60.7 Å². The lowest BCUT2D eigenvalue weighted by molar-refractivity contribution is -0.139. The molecule has 0 amide bonds. The van der Waals surface area contributed by atoms with E-state index in [1.807, 2.05) is 31.2 Å². The predicted molar refractivity (Wildman–Crippen MR) is 135 cm³/mol. The third-order valence-corrected chi connectivity index (χ3v) is 8.12. The molecule has 0 aliphatic heterocycles. The highest BCUT2D eigenvalue weighted by molar-refractivity contribution is 5.83. The minimum absolute atomic E-state index is 0.192. The first kappa shape index (κ1) is 22.1. The van der Waals surface area contributed by atoms with Crippen molar-refractivity contribution in [2.24, 2.45) is 5.92 Å². The van der Waals surface area contributed by atoms with Gasteiger partial charge in [0.25, 0.3) is 0 Å². The monoisotopic (exact) mass is 468 g/mol. The molecule has 1 saturated carbocycles. The number of fused-ring (bicyclic) bond motifs is 2. The van der Waals surface area contributed by atoms with Crippen LogP contribution in [0.3, 0.4) is 0 Å². The Hall–Kier alpha value is -3.40. The number of aryl methyl sites for hydroxylation is 2. The van der Waals surface area contributed by atoms with Crippen molar-refractivity contribution >= 4 is 11.5 Å². The lowest BCUT2D eigenvalue weighted by Crippen LogP contribution is -2.11. The minimum atomic E-state index is -0.692. The number of rotatable bonds is 6. The molecule has 3 aliphatic rings. The summed E-state index contributed by atoms with van der Waals surface area (Å²) in [7, 11) is 0. The summed E-state index contributed by atoms with van der Waals surface area (Å²) in [6.45, 7) is 2.39. The van der Waals surface area contributed by atoms with Gasteiger partial charge in [0.15, 0.2) is 0 Å². The van der Waals surface area contributed by atoms with Crippen LogP contribution in [0.5, 0.6) is 5.75 Å². The molecule has 0 aromatic heterocycles. The maximum atomic E-state index is 14.8. The molecule has 0 unspecified atom stereocenters. The van der Waals surface area contributed by atoms with Gasteiger partial charge in [0.2, 0.25) is 0 Å². The highest BCUT2D eigenvalue weighted by atomic mass is 19.1. The normalized spacial score (nSPS) is 22.2. The van der Waals surface area contributed by atoms with E-state index in [0.29, 0.717) is 12.2 Å². The molecule has 6 rings (SSSR count). The highest BCUT2D eigenvalue weighted by Gasteiger charge is 2.61. The molecular weight excluding hydrogens is 439 g/mol. The molecule has 3 nitrogen and oxygen atoms in total. The average Bonchev–Trinajstić information content (AvgIpc) is 3.17. The number of benzene rings is 3. The maximum Gasteiger partial charge on any atom is 0.307 e. The Balaban J connectivity index is 1.28. The molecule has 1 N–H and O–H groups in total. The van der Waals surface area contributed by atoms with Gasteiger partial charge in [-0.3, -0.25) is 4.79 Å². The zero-order chi connectivity index (χ0) is 24.2. The molecule has 1 spiro atoms. The maximum absolute atomic E-state index is 14.8. The summed E-state index contributed by atoms with van der Waals surface area (Å²) in [6.07, 6.45) is 8.04. The largest absolute Gasteiger partial charge is 0.489 e. The van der Waals surface area contributed by atoms with Gasteiger partial charge in [-0.15, -0.1) is 0 Å². The Morgan fingerprint density at radius 2 is 1.94 bits per heavy atom. The Labute approximate surface area is 205 Å². The molecule has 2 atom stereocenters. The van der Waals surface area contributed by atoms with Crippen molar-refractivity contribution in [3.05, 3.63) is 94.3 Å². The van der Waals surface area contributed by atoms with E-state index in [4.69, 9.17) is 4.74 Å². The second-order valence-corrected chi connectivity index (χ2v) is 10.3. The molecule has 0 heterocycles. The second kappa shape index (κ2) is 8.37. The first-order valence-corrected chi connectivity index (χ1v) is 12.5. The fraction of sp³-hybridized carbons (Fsp3) is 0.323. The van der Waals surface area contributed by atoms with Crippen molar-refractivity contribution in [3.8, 4) is 16.9 Å². The van der Waals surface area contributed by atoms with Crippen molar-refractivity contribution in [1.82, 2.24) is 0 Å². The average molecular weight is 469 g/mol. The van der Waals surface area contributed by atoms with Gasteiger partial charge in [-0.2, -0.15) is 0 Å². The summed E-state index contributed by atoms with van der Waals surface area (Å²) in [5, 5.41) is 9.52. The van der Waals surface area contributed by atoms with Gasteiger partial charge < -0.3 is 9.84 Å². The number of allylic oxidation sites excluding steroid dienone is 2. The zero-order valence-electron chi connectivity index (χ0n) is 19.9. The number of halogens is 1. The number of aliphatic carboxylic acids is 1. The molecule has 35 heavy (non-hydrogen) atoms. The molecule has 1 fully saturated rings. The standard InChI is InChI=1S/C31H29FO3/c1-19-6-11-29(32)26(14-19)24-10-7-20(15-25(24)21-4-2-3-5-21)18-35-23-9-8-22-12-13-31(27(22)16-23)17-28(31)30(33)34/h4,6-11,14-16,28H,2-3,5,12-13,17-18H2,1H3,(H,33,34)/t28-,31-/m0/s1. The van der Waals surface area contributed by atoms with Crippen LogP contribution in [0, 0.1) is 18.7 Å². The Kier molecular flexibility index (Phi) is 5.28. The molecule has 0 saturated heterocycles. The van der Waals surface area contributed by atoms with Crippen LogP contribution >= 0.6 is 0 Å². The fourth-order valence-electron chi connectivity index (χ4n) is 6.13. The van der Waals surface area contributed by atoms with Crippen LogP contribution in [0.4, 0.5) is 4.39 Å². The summed E-state index contributed by atoms with van der Waals surface area (Å²) in [6, 6.07) is 17.6. The number of carbonyl (C=O) groups is 1. The van der Waals surface area contributed by atoms with E-state index >= 15 is 0 Å². The van der Waals surface area contributed by atoms with E-state index < -0.39 is 5.97 Å². The summed E-state index contributed by atoms with van der Waals surface area (Å²) in [5.74, 6) is -0.387. The first-order valence-electron chi connectivity index (χ1n) is 12.5. The van der Waals surface area contributed by atoms with Crippen LogP contribution in [0.2, 0.25) is 0 Å². The van der Waals surface area contributed by atoms with Gasteiger partial charge in [-0.25, -0.2) is 4.39 Å². The van der Waals surface area contributed by atoms with Crippen LogP contribution in [0.1, 0.15) is 59.9 Å². The molecular formula is C31H29FO3. The Morgan fingerprint density at radius 1 is 1.06 bits per heavy atom. The topological polar surface area (TPSA) is 46.5 Å². The van der Waals surface area contributed by atoms with Gasteiger partial charge in [-0.05, 0) is 109 Å². The van der Waals surface area contributed by atoms with E-state index in [1.165, 1.54) is 11.1 Å². The molecule has 4 heteroatoms. The molecule has 0 bridgehead atoms. The van der Waals surface area contributed by atoms with Crippen molar-refractivity contribution in [3.63, 3.8) is 0 Å². The van der Waals surface area contributed by atoms with Crippen molar-refractivity contribution < 1.29 is 19.0 Å². The highest BCUT2D eigenvalue weighted by Crippen LogP contribution is 2.62. The first-order chi connectivity index (χ1) is 16.9. The summed E-state index contributed by atoms with van der Waals surface area (Å²) in [4.78, 5) is 11.6. The smallest absolute Gasteiger partial charge is 0.307 e.